The number of phenols is 1. The Labute approximate surface area is 283 Å². The molecule has 0 radical (unpaired) electrons. The highest BCUT2D eigenvalue weighted by Crippen LogP contribution is 2.56. The van der Waals surface area contributed by atoms with Crippen molar-refractivity contribution >= 4 is 17.7 Å². The fraction of sp³-hybridized carbons (Fsp3) is 0.462. The summed E-state index contributed by atoms with van der Waals surface area (Å²) in [7, 11) is 0. The van der Waals surface area contributed by atoms with Gasteiger partial charge in [-0.15, -0.1) is 0 Å². The number of ketones is 1. The first-order valence-electron chi connectivity index (χ1n) is 17.4. The van der Waals surface area contributed by atoms with Crippen molar-refractivity contribution in [1.82, 2.24) is 15.1 Å². The Morgan fingerprint density at radius 2 is 1.54 bits per heavy atom. The maximum atomic E-state index is 13.4. The summed E-state index contributed by atoms with van der Waals surface area (Å²) >= 11 is 0. The van der Waals surface area contributed by atoms with E-state index < -0.39 is 11.6 Å². The minimum Gasteiger partial charge on any atom is -0.508 e. The first-order valence-corrected chi connectivity index (χ1v) is 17.4. The number of fused-ring (bicyclic) bond motifs is 6. The van der Waals surface area contributed by atoms with Gasteiger partial charge in [0.25, 0.3) is 5.91 Å². The molecule has 6 rings (SSSR count). The van der Waals surface area contributed by atoms with Crippen molar-refractivity contribution in [2.24, 2.45) is 5.92 Å². The highest BCUT2D eigenvalue weighted by atomic mass is 16.6. The zero-order valence-electron chi connectivity index (χ0n) is 28.3. The first-order chi connectivity index (χ1) is 23.1. The summed E-state index contributed by atoms with van der Waals surface area (Å²) in [6.45, 7) is 13.5. The van der Waals surface area contributed by atoms with Crippen molar-refractivity contribution in [2.75, 3.05) is 45.8 Å². The number of esters is 1. The molecule has 0 saturated carbocycles. The van der Waals surface area contributed by atoms with E-state index in [-0.39, 0.29) is 11.7 Å². The molecule has 2 N–H and O–H groups in total. The number of hydrogen-bond acceptors (Lipinski definition) is 8. The fourth-order valence-electron chi connectivity index (χ4n) is 7.23. The second-order valence-electron chi connectivity index (χ2n) is 13.9. The molecule has 1 fully saturated rings. The van der Waals surface area contributed by atoms with Crippen LogP contribution in [0.4, 0.5) is 0 Å². The molecule has 3 heterocycles. The molecule has 48 heavy (non-hydrogen) atoms. The third-order valence-electron chi connectivity index (χ3n) is 9.64. The molecule has 3 aliphatic heterocycles. The lowest BCUT2D eigenvalue weighted by molar-refractivity contribution is -0.119. The molecule has 0 aliphatic carbocycles. The molecule has 3 aromatic carbocycles. The van der Waals surface area contributed by atoms with Gasteiger partial charge in [-0.3, -0.25) is 9.59 Å². The third-order valence-corrected chi connectivity index (χ3v) is 9.64. The van der Waals surface area contributed by atoms with Gasteiger partial charge in [-0.05, 0) is 74.5 Å². The average Bonchev–Trinajstić information content (AvgIpc) is 3.34. The Hall–Kier alpha value is -4.21. The standard InChI is InChI=1S/C39H47N3O6/c1-26(2)25-42-20-18-41(19-21-42)17-7-9-29(43)8-5-4-6-16-40-37(45)28-11-14-32-31(23-28)38(46)48-39(32)33-13-10-27(3)22-35(33)47-36-24-30(44)12-15-34(36)39/h10-15,22-24,26,44H,4-9,16-21,25H2,1-3H3,(H,40,45). The van der Waals surface area contributed by atoms with Crippen LogP contribution >= 0.6 is 0 Å². The van der Waals surface area contributed by atoms with E-state index in [2.05, 4.69) is 29.0 Å². The van der Waals surface area contributed by atoms with Crippen molar-refractivity contribution < 1.29 is 29.0 Å². The summed E-state index contributed by atoms with van der Waals surface area (Å²) in [4.78, 5) is 43.9. The zero-order valence-corrected chi connectivity index (χ0v) is 28.3. The van der Waals surface area contributed by atoms with Gasteiger partial charge in [0.2, 0.25) is 0 Å². The number of aromatic hydroxyl groups is 1. The van der Waals surface area contributed by atoms with Crippen LogP contribution in [0.15, 0.2) is 54.6 Å². The molecule has 3 aromatic rings. The van der Waals surface area contributed by atoms with Crippen LogP contribution in [0.1, 0.15) is 95.3 Å². The summed E-state index contributed by atoms with van der Waals surface area (Å²) in [6.07, 6.45) is 4.59. The van der Waals surface area contributed by atoms with E-state index in [1.807, 2.05) is 25.1 Å². The van der Waals surface area contributed by atoms with Gasteiger partial charge in [0, 0.05) is 80.4 Å². The molecule has 9 heteroatoms. The van der Waals surface area contributed by atoms with Gasteiger partial charge in [0.05, 0.1) is 5.56 Å². The van der Waals surface area contributed by atoms with Gasteiger partial charge in [-0.25, -0.2) is 4.79 Å². The van der Waals surface area contributed by atoms with Gasteiger partial charge in [-0.1, -0.05) is 38.5 Å². The predicted molar refractivity (Wildman–Crippen MR) is 184 cm³/mol. The van der Waals surface area contributed by atoms with E-state index in [4.69, 9.17) is 9.47 Å². The lowest BCUT2D eigenvalue weighted by atomic mass is 9.77. The maximum Gasteiger partial charge on any atom is 0.340 e. The highest BCUT2D eigenvalue weighted by Gasteiger charge is 2.53. The normalized spacial score (nSPS) is 18.6. The van der Waals surface area contributed by atoms with Crippen molar-refractivity contribution in [3.63, 3.8) is 0 Å². The van der Waals surface area contributed by atoms with E-state index in [1.54, 1.807) is 30.3 Å². The van der Waals surface area contributed by atoms with E-state index >= 15 is 0 Å². The molecule has 1 unspecified atom stereocenters. The quantitative estimate of drug-likeness (QED) is 0.166. The van der Waals surface area contributed by atoms with Crippen LogP contribution in [0.2, 0.25) is 0 Å². The lowest BCUT2D eigenvalue weighted by Crippen LogP contribution is -2.47. The zero-order chi connectivity index (χ0) is 33.8. The molecule has 1 spiro atoms. The topological polar surface area (TPSA) is 108 Å². The number of hydrogen-bond donors (Lipinski definition) is 2. The number of Topliss-reactive ketones (excluding diaryl/α,β-unsaturated/α-hetero) is 1. The minimum absolute atomic E-state index is 0.0419. The number of amides is 1. The Bertz CT molecular complexity index is 1620. The largest absolute Gasteiger partial charge is 0.508 e. The first kappa shape index (κ1) is 33.7. The average molecular weight is 654 g/mol. The molecule has 0 aromatic heterocycles. The van der Waals surface area contributed by atoms with Gasteiger partial charge >= 0.3 is 5.97 Å². The molecule has 1 amide bonds. The fourth-order valence-corrected chi connectivity index (χ4v) is 7.23. The summed E-state index contributed by atoms with van der Waals surface area (Å²) < 4.78 is 12.3. The molecular formula is C39H47N3O6. The summed E-state index contributed by atoms with van der Waals surface area (Å²) in [5.74, 6) is 1.22. The van der Waals surface area contributed by atoms with Crippen LogP contribution in [-0.2, 0) is 15.1 Å². The third kappa shape index (κ3) is 7.12. The molecule has 1 atom stereocenters. The van der Waals surface area contributed by atoms with E-state index in [9.17, 15) is 19.5 Å². The van der Waals surface area contributed by atoms with Crippen LogP contribution in [-0.4, -0.2) is 78.4 Å². The number of rotatable bonds is 13. The number of carbonyl (C=O) groups excluding carboxylic acids is 3. The van der Waals surface area contributed by atoms with Crippen LogP contribution in [0, 0.1) is 12.8 Å². The second kappa shape index (κ2) is 14.5. The van der Waals surface area contributed by atoms with Gasteiger partial charge in [-0.2, -0.15) is 0 Å². The van der Waals surface area contributed by atoms with Crippen LogP contribution in [0.5, 0.6) is 17.2 Å². The molecule has 0 bridgehead atoms. The number of unbranched alkanes of at least 4 members (excludes halogenated alkanes) is 2. The number of benzene rings is 3. The van der Waals surface area contributed by atoms with Crippen molar-refractivity contribution in [3.05, 3.63) is 88.0 Å². The maximum absolute atomic E-state index is 13.4. The van der Waals surface area contributed by atoms with Gasteiger partial charge in [0.15, 0.2) is 5.60 Å². The number of nitrogens with zero attached hydrogens (tertiary/aromatic N) is 2. The Balaban J connectivity index is 0.978. The van der Waals surface area contributed by atoms with E-state index in [0.29, 0.717) is 70.4 Å². The minimum atomic E-state index is -1.26. The van der Waals surface area contributed by atoms with Gasteiger partial charge in [0.1, 0.15) is 23.0 Å². The molecule has 3 aliphatic rings. The second-order valence-corrected chi connectivity index (χ2v) is 13.9. The monoisotopic (exact) mass is 653 g/mol. The Morgan fingerprint density at radius 3 is 2.31 bits per heavy atom. The van der Waals surface area contributed by atoms with Crippen LogP contribution in [0.3, 0.4) is 0 Å². The number of piperazine rings is 1. The smallest absolute Gasteiger partial charge is 0.340 e. The Morgan fingerprint density at radius 1 is 0.854 bits per heavy atom. The lowest BCUT2D eigenvalue weighted by Gasteiger charge is -2.36. The SMILES string of the molecule is Cc1ccc2c(c1)Oc1cc(O)ccc1C21OC(=O)c2cc(C(=O)NCCCCCC(=O)CCCN3CCN(CC(C)C)CC3)ccc21. The summed E-state index contributed by atoms with van der Waals surface area (Å²) in [5.41, 5.74) is 2.33. The Kier molecular flexibility index (Phi) is 10.2. The number of carbonyl (C=O) groups is 3. The number of ether oxygens (including phenoxy) is 2. The van der Waals surface area contributed by atoms with E-state index in [0.717, 1.165) is 70.5 Å². The molecule has 1 saturated heterocycles. The highest BCUT2D eigenvalue weighted by molar-refractivity contribution is 6.01. The summed E-state index contributed by atoms with van der Waals surface area (Å²) in [5, 5.41) is 13.1. The van der Waals surface area contributed by atoms with E-state index in [1.165, 1.54) is 6.07 Å². The predicted octanol–water partition coefficient (Wildman–Crippen LogP) is 6.18. The van der Waals surface area contributed by atoms with Gasteiger partial charge < -0.3 is 29.7 Å². The molecule has 254 valence electrons. The number of phenolic OH excluding ortho intramolecular Hbond substituents is 1. The van der Waals surface area contributed by atoms with Crippen molar-refractivity contribution in [2.45, 2.75) is 64.9 Å². The molecular weight excluding hydrogens is 606 g/mol. The number of aryl methyl sites for hydroxylation is 1. The van der Waals surface area contributed by atoms with Crippen molar-refractivity contribution in [3.8, 4) is 17.2 Å². The van der Waals surface area contributed by atoms with Crippen LogP contribution in [0.25, 0.3) is 0 Å². The summed E-state index contributed by atoms with van der Waals surface area (Å²) in [6, 6.07) is 15.6. The number of nitrogens with one attached hydrogen (secondary N) is 1. The molecule has 9 nitrogen and oxygen atoms in total. The van der Waals surface area contributed by atoms with Crippen LogP contribution < -0.4 is 10.1 Å². The van der Waals surface area contributed by atoms with Crippen molar-refractivity contribution in [1.29, 1.82) is 0 Å².